The number of nitrogens with zero attached hydrogens (tertiary/aromatic N) is 1. The molecular formula is C12H14FNO4. The van der Waals surface area contributed by atoms with E-state index in [1.165, 1.54) is 12.1 Å². The molecule has 0 spiro atoms. The molecule has 1 aliphatic rings. The number of aliphatic hydroxyl groups excluding tert-OH is 2. The average Bonchev–Trinajstić information content (AvgIpc) is 2.26. The van der Waals surface area contributed by atoms with Crippen LogP contribution in [0, 0.1) is 5.82 Å². The van der Waals surface area contributed by atoms with Crippen molar-refractivity contribution in [3.05, 3.63) is 35.1 Å². The fraction of sp³-hybridized carbons (Fsp3) is 0.417. The van der Waals surface area contributed by atoms with Crippen LogP contribution in [0.5, 0.6) is 0 Å². The summed E-state index contributed by atoms with van der Waals surface area (Å²) in [5.41, 5.74) is 0.648. The Morgan fingerprint density at radius 1 is 1.56 bits per heavy atom. The predicted octanol–water partition coefficient (Wildman–Crippen LogP) is 1.10. The van der Waals surface area contributed by atoms with Crippen LogP contribution < -0.4 is 0 Å². The van der Waals surface area contributed by atoms with E-state index in [0.29, 0.717) is 18.5 Å². The van der Waals surface area contributed by atoms with E-state index < -0.39 is 30.7 Å². The molecule has 2 rings (SSSR count). The lowest BCUT2D eigenvalue weighted by Gasteiger charge is -2.42. The van der Waals surface area contributed by atoms with Crippen molar-refractivity contribution in [2.75, 3.05) is 6.54 Å². The molecule has 1 aromatic carbocycles. The van der Waals surface area contributed by atoms with Crippen molar-refractivity contribution in [2.45, 2.75) is 25.2 Å². The Labute approximate surface area is 103 Å². The SMILES string of the molecule is O=C(O)N1CC[C@H]1C(O)c1ccc(F)cc1CO. The van der Waals surface area contributed by atoms with Crippen LogP contribution in [-0.4, -0.2) is 38.9 Å². The van der Waals surface area contributed by atoms with Gasteiger partial charge in [-0.1, -0.05) is 6.07 Å². The molecule has 1 amide bonds. The van der Waals surface area contributed by atoms with Crippen LogP contribution in [0.1, 0.15) is 23.7 Å². The molecule has 3 N–H and O–H groups in total. The van der Waals surface area contributed by atoms with Gasteiger partial charge in [0, 0.05) is 6.54 Å². The van der Waals surface area contributed by atoms with Crippen molar-refractivity contribution in [3.63, 3.8) is 0 Å². The summed E-state index contributed by atoms with van der Waals surface area (Å²) in [5, 5.41) is 28.1. The van der Waals surface area contributed by atoms with Gasteiger partial charge in [0.1, 0.15) is 5.82 Å². The molecule has 5 nitrogen and oxygen atoms in total. The van der Waals surface area contributed by atoms with Crippen LogP contribution >= 0.6 is 0 Å². The normalized spacial score (nSPS) is 20.4. The van der Waals surface area contributed by atoms with Gasteiger partial charge in [-0.25, -0.2) is 9.18 Å². The van der Waals surface area contributed by atoms with E-state index in [4.69, 9.17) is 10.2 Å². The Morgan fingerprint density at radius 2 is 2.28 bits per heavy atom. The molecule has 1 unspecified atom stereocenters. The number of carbonyl (C=O) groups is 1. The minimum atomic E-state index is -1.09. The predicted molar refractivity (Wildman–Crippen MR) is 60.4 cm³/mol. The highest BCUT2D eigenvalue weighted by molar-refractivity contribution is 5.66. The highest BCUT2D eigenvalue weighted by Crippen LogP contribution is 2.32. The van der Waals surface area contributed by atoms with Crippen LogP contribution in [0.2, 0.25) is 0 Å². The smallest absolute Gasteiger partial charge is 0.407 e. The Balaban J connectivity index is 2.23. The van der Waals surface area contributed by atoms with E-state index in [1.807, 2.05) is 0 Å². The van der Waals surface area contributed by atoms with E-state index in [-0.39, 0.29) is 5.56 Å². The zero-order valence-corrected chi connectivity index (χ0v) is 9.58. The largest absolute Gasteiger partial charge is 0.465 e. The molecule has 0 saturated carbocycles. The molecule has 1 fully saturated rings. The van der Waals surface area contributed by atoms with Crippen LogP contribution in [-0.2, 0) is 6.61 Å². The molecule has 6 heteroatoms. The maximum atomic E-state index is 13.0. The zero-order valence-electron chi connectivity index (χ0n) is 9.58. The van der Waals surface area contributed by atoms with Crippen molar-refractivity contribution in [3.8, 4) is 0 Å². The lowest BCUT2D eigenvalue weighted by molar-refractivity contribution is -0.00607. The van der Waals surface area contributed by atoms with Gasteiger partial charge in [0.25, 0.3) is 0 Å². The monoisotopic (exact) mass is 255 g/mol. The Kier molecular flexibility index (Phi) is 3.49. The number of likely N-dealkylation sites (tertiary alicyclic amines) is 1. The van der Waals surface area contributed by atoms with Gasteiger partial charge in [0.2, 0.25) is 0 Å². The summed E-state index contributed by atoms with van der Waals surface area (Å²) >= 11 is 0. The van der Waals surface area contributed by atoms with Crippen LogP contribution in [0.25, 0.3) is 0 Å². The third kappa shape index (κ3) is 2.16. The molecule has 1 heterocycles. The van der Waals surface area contributed by atoms with Crippen molar-refractivity contribution in [2.24, 2.45) is 0 Å². The first-order chi connectivity index (χ1) is 8.54. The van der Waals surface area contributed by atoms with Gasteiger partial charge in [0.15, 0.2) is 0 Å². The van der Waals surface area contributed by atoms with Crippen LogP contribution in [0.4, 0.5) is 9.18 Å². The maximum absolute atomic E-state index is 13.0. The lowest BCUT2D eigenvalue weighted by Crippen LogP contribution is -2.53. The molecule has 0 bridgehead atoms. The Hall–Kier alpha value is -1.66. The summed E-state index contributed by atoms with van der Waals surface area (Å²) in [6.45, 7) is -0.0172. The number of hydrogen-bond donors (Lipinski definition) is 3. The van der Waals surface area contributed by atoms with E-state index >= 15 is 0 Å². The standard InChI is InChI=1S/C12H14FNO4/c13-8-1-2-9(7(5-8)6-15)11(16)10-3-4-14(10)12(17)18/h1-2,5,10-11,15-16H,3-4,6H2,(H,17,18)/t10-,11?/m0/s1. The quantitative estimate of drug-likeness (QED) is 0.755. The van der Waals surface area contributed by atoms with Gasteiger partial charge in [0.05, 0.1) is 18.8 Å². The molecule has 1 aromatic rings. The third-order valence-corrected chi connectivity index (χ3v) is 3.27. The van der Waals surface area contributed by atoms with Gasteiger partial charge in [-0.2, -0.15) is 0 Å². The molecule has 0 aromatic heterocycles. The minimum Gasteiger partial charge on any atom is -0.465 e. The molecule has 0 aliphatic carbocycles. The molecule has 98 valence electrons. The fourth-order valence-corrected chi connectivity index (χ4v) is 2.18. The van der Waals surface area contributed by atoms with E-state index in [9.17, 15) is 14.3 Å². The van der Waals surface area contributed by atoms with E-state index in [1.54, 1.807) is 0 Å². The summed E-state index contributed by atoms with van der Waals surface area (Å²) in [6, 6.07) is 3.17. The topological polar surface area (TPSA) is 81.0 Å². The lowest BCUT2D eigenvalue weighted by atomic mass is 9.90. The summed E-state index contributed by atoms with van der Waals surface area (Å²) in [6.07, 6.45) is -1.58. The van der Waals surface area contributed by atoms with Gasteiger partial charge in [-0.15, -0.1) is 0 Å². The van der Waals surface area contributed by atoms with Crippen molar-refractivity contribution in [1.82, 2.24) is 4.90 Å². The molecule has 2 atom stereocenters. The third-order valence-electron chi connectivity index (χ3n) is 3.27. The fourth-order valence-electron chi connectivity index (χ4n) is 2.18. The van der Waals surface area contributed by atoms with Crippen molar-refractivity contribution < 1.29 is 24.5 Å². The second kappa shape index (κ2) is 4.91. The maximum Gasteiger partial charge on any atom is 0.407 e. The molecule has 18 heavy (non-hydrogen) atoms. The Morgan fingerprint density at radius 3 is 2.78 bits per heavy atom. The summed E-state index contributed by atoms with van der Waals surface area (Å²) in [5.74, 6) is -0.501. The molecular weight excluding hydrogens is 241 g/mol. The second-order valence-electron chi connectivity index (χ2n) is 4.28. The second-order valence-corrected chi connectivity index (χ2v) is 4.28. The highest BCUT2D eigenvalue weighted by Gasteiger charge is 2.38. The summed E-state index contributed by atoms with van der Waals surface area (Å²) < 4.78 is 13.0. The average molecular weight is 255 g/mol. The number of amides is 1. The zero-order chi connectivity index (χ0) is 13.3. The summed E-state index contributed by atoms with van der Waals surface area (Å²) in [7, 11) is 0. The van der Waals surface area contributed by atoms with E-state index in [2.05, 4.69) is 0 Å². The van der Waals surface area contributed by atoms with Crippen molar-refractivity contribution >= 4 is 6.09 Å². The first kappa shape index (κ1) is 12.8. The molecule has 0 radical (unpaired) electrons. The highest BCUT2D eigenvalue weighted by atomic mass is 19.1. The van der Waals surface area contributed by atoms with Crippen LogP contribution in [0.3, 0.4) is 0 Å². The van der Waals surface area contributed by atoms with Gasteiger partial charge in [-0.05, 0) is 29.7 Å². The van der Waals surface area contributed by atoms with Gasteiger partial charge >= 0.3 is 6.09 Å². The molecule has 1 saturated heterocycles. The van der Waals surface area contributed by atoms with Crippen LogP contribution in [0.15, 0.2) is 18.2 Å². The Bertz CT molecular complexity index is 465. The number of halogens is 1. The number of carboxylic acid groups (broad SMARTS) is 1. The number of rotatable bonds is 3. The first-order valence-electron chi connectivity index (χ1n) is 5.61. The van der Waals surface area contributed by atoms with Gasteiger partial charge < -0.3 is 20.2 Å². The molecule has 1 aliphatic heterocycles. The van der Waals surface area contributed by atoms with Crippen molar-refractivity contribution in [1.29, 1.82) is 0 Å². The number of benzene rings is 1. The van der Waals surface area contributed by atoms with E-state index in [0.717, 1.165) is 11.0 Å². The van der Waals surface area contributed by atoms with Gasteiger partial charge in [-0.3, -0.25) is 0 Å². The number of aliphatic hydroxyl groups is 2. The summed E-state index contributed by atoms with van der Waals surface area (Å²) in [4.78, 5) is 12.0. The minimum absolute atomic E-state index is 0.278. The number of hydrogen-bond acceptors (Lipinski definition) is 3. The first-order valence-corrected chi connectivity index (χ1v) is 5.61.